The van der Waals surface area contributed by atoms with E-state index in [4.69, 9.17) is 4.74 Å². The van der Waals surface area contributed by atoms with Gasteiger partial charge in [-0.15, -0.1) is 0 Å². The van der Waals surface area contributed by atoms with Gasteiger partial charge in [0.1, 0.15) is 11.3 Å². The second-order valence-electron chi connectivity index (χ2n) is 6.98. The zero-order valence-electron chi connectivity index (χ0n) is 14.3. The van der Waals surface area contributed by atoms with Crippen molar-refractivity contribution in [2.45, 2.75) is 26.0 Å². The van der Waals surface area contributed by atoms with E-state index in [1.165, 1.54) is 0 Å². The quantitative estimate of drug-likeness (QED) is 0.719. The van der Waals surface area contributed by atoms with Crippen LogP contribution in [0.1, 0.15) is 19.5 Å². The number of ether oxygens (including phenoxy) is 1. The van der Waals surface area contributed by atoms with Crippen LogP contribution in [0.2, 0.25) is 0 Å². The summed E-state index contributed by atoms with van der Waals surface area (Å²) in [5, 5.41) is 17.8. The fourth-order valence-electron chi connectivity index (χ4n) is 2.92. The van der Waals surface area contributed by atoms with Crippen molar-refractivity contribution in [1.82, 2.24) is 19.7 Å². The lowest BCUT2D eigenvalue weighted by Crippen LogP contribution is -2.31. The number of aromatic amines is 1. The Morgan fingerprint density at radius 1 is 1.40 bits per heavy atom. The lowest BCUT2D eigenvalue weighted by Gasteiger charge is -2.26. The highest BCUT2D eigenvalue weighted by Crippen LogP contribution is 2.31. The van der Waals surface area contributed by atoms with Gasteiger partial charge in [0.05, 0.1) is 31.1 Å². The van der Waals surface area contributed by atoms with E-state index in [-0.39, 0.29) is 0 Å². The fourth-order valence-corrected chi connectivity index (χ4v) is 2.92. The van der Waals surface area contributed by atoms with Crippen LogP contribution in [-0.4, -0.2) is 43.7 Å². The highest BCUT2D eigenvalue weighted by atomic mass is 16.5. The molecule has 4 heterocycles. The second-order valence-corrected chi connectivity index (χ2v) is 6.98. The first-order chi connectivity index (χ1) is 12.0. The summed E-state index contributed by atoms with van der Waals surface area (Å²) in [5.41, 5.74) is 2.79. The summed E-state index contributed by atoms with van der Waals surface area (Å²) < 4.78 is 7.52. The number of pyridine rings is 1. The van der Waals surface area contributed by atoms with Crippen molar-refractivity contribution in [3.63, 3.8) is 0 Å². The molecule has 0 saturated carbocycles. The van der Waals surface area contributed by atoms with Crippen LogP contribution < -0.4 is 0 Å². The maximum Gasteiger partial charge on any atom is 0.120 e. The van der Waals surface area contributed by atoms with Crippen LogP contribution in [0.5, 0.6) is 0 Å². The molecule has 0 aliphatic carbocycles. The standard InChI is InChI=1S/C19H20N4O2/c1-19(2,24)4-3-15-5-16-17(14-6-21-22-7-14)10-23(18(16)8-20-15)9-13-11-25-12-13/h5-8,10,13,24H,9,11-12H2,1-2H3,(H,21,22). The first-order valence-electron chi connectivity index (χ1n) is 8.31. The van der Waals surface area contributed by atoms with Crippen LogP contribution in [0.3, 0.4) is 0 Å². The summed E-state index contributed by atoms with van der Waals surface area (Å²) in [5.74, 6) is 6.32. The van der Waals surface area contributed by atoms with Gasteiger partial charge in [0.2, 0.25) is 0 Å². The number of H-pyrrole nitrogens is 1. The third kappa shape index (κ3) is 3.29. The molecule has 0 bridgehead atoms. The number of nitrogens with one attached hydrogen (secondary N) is 1. The van der Waals surface area contributed by atoms with Crippen LogP contribution in [0, 0.1) is 17.8 Å². The average Bonchev–Trinajstić information content (AvgIpc) is 3.15. The summed E-state index contributed by atoms with van der Waals surface area (Å²) in [6.07, 6.45) is 7.69. The van der Waals surface area contributed by atoms with Crippen molar-refractivity contribution in [3.8, 4) is 23.0 Å². The number of nitrogens with zero attached hydrogens (tertiary/aromatic N) is 3. The molecule has 3 aromatic rings. The Morgan fingerprint density at radius 3 is 2.88 bits per heavy atom. The predicted octanol–water partition coefficient (Wildman–Crippen LogP) is 2.20. The van der Waals surface area contributed by atoms with E-state index in [2.05, 4.69) is 37.8 Å². The van der Waals surface area contributed by atoms with Crippen molar-refractivity contribution >= 4 is 10.9 Å². The first kappa shape index (κ1) is 15.9. The molecule has 1 aliphatic rings. The molecule has 0 aromatic carbocycles. The molecule has 3 aromatic heterocycles. The fraction of sp³-hybridized carbons (Fsp3) is 0.368. The van der Waals surface area contributed by atoms with Gasteiger partial charge < -0.3 is 14.4 Å². The van der Waals surface area contributed by atoms with Gasteiger partial charge in [-0.05, 0) is 25.8 Å². The monoisotopic (exact) mass is 336 g/mol. The van der Waals surface area contributed by atoms with E-state index >= 15 is 0 Å². The molecule has 0 spiro atoms. The predicted molar refractivity (Wildman–Crippen MR) is 94.8 cm³/mol. The molecule has 4 rings (SSSR count). The summed E-state index contributed by atoms with van der Waals surface area (Å²) in [6.45, 7) is 5.84. The van der Waals surface area contributed by atoms with Gasteiger partial charge in [-0.1, -0.05) is 5.92 Å². The molecule has 1 fully saturated rings. The van der Waals surface area contributed by atoms with E-state index in [9.17, 15) is 5.11 Å². The largest absolute Gasteiger partial charge is 0.381 e. The maximum atomic E-state index is 9.80. The van der Waals surface area contributed by atoms with Gasteiger partial charge >= 0.3 is 0 Å². The van der Waals surface area contributed by atoms with Crippen molar-refractivity contribution in [3.05, 3.63) is 36.5 Å². The highest BCUT2D eigenvalue weighted by Gasteiger charge is 2.21. The molecule has 2 N–H and O–H groups in total. The zero-order chi connectivity index (χ0) is 17.4. The average molecular weight is 336 g/mol. The van der Waals surface area contributed by atoms with Crippen LogP contribution in [0.4, 0.5) is 0 Å². The van der Waals surface area contributed by atoms with Gasteiger partial charge in [0.25, 0.3) is 0 Å². The summed E-state index contributed by atoms with van der Waals surface area (Å²) >= 11 is 0. The number of aromatic nitrogens is 4. The molecular weight excluding hydrogens is 316 g/mol. The maximum absolute atomic E-state index is 9.80. The molecular formula is C19H20N4O2. The highest BCUT2D eigenvalue weighted by molar-refractivity contribution is 5.96. The molecule has 6 heteroatoms. The number of fused-ring (bicyclic) bond motifs is 1. The third-order valence-corrected chi connectivity index (χ3v) is 4.24. The van der Waals surface area contributed by atoms with Gasteiger partial charge in [-0.25, -0.2) is 4.98 Å². The second kappa shape index (κ2) is 6.03. The summed E-state index contributed by atoms with van der Waals surface area (Å²) in [4.78, 5) is 4.46. The van der Waals surface area contributed by atoms with Crippen molar-refractivity contribution in [1.29, 1.82) is 0 Å². The first-order valence-corrected chi connectivity index (χ1v) is 8.31. The normalized spacial score (nSPS) is 15.0. The molecule has 0 amide bonds. The Bertz CT molecular complexity index is 951. The molecule has 0 atom stereocenters. The lowest BCUT2D eigenvalue weighted by atomic mass is 10.1. The van der Waals surface area contributed by atoms with Crippen molar-refractivity contribution in [2.24, 2.45) is 5.92 Å². The van der Waals surface area contributed by atoms with E-state index in [1.807, 2.05) is 24.7 Å². The molecule has 0 radical (unpaired) electrons. The molecule has 6 nitrogen and oxygen atoms in total. The Morgan fingerprint density at radius 2 is 2.24 bits per heavy atom. The number of rotatable bonds is 3. The Kier molecular flexibility index (Phi) is 3.83. The molecule has 128 valence electrons. The van der Waals surface area contributed by atoms with E-state index in [0.29, 0.717) is 11.6 Å². The third-order valence-electron chi connectivity index (χ3n) is 4.24. The van der Waals surface area contributed by atoms with Crippen LogP contribution in [0.15, 0.2) is 30.9 Å². The smallest absolute Gasteiger partial charge is 0.120 e. The topological polar surface area (TPSA) is 76.0 Å². The Balaban J connectivity index is 1.81. The molecule has 25 heavy (non-hydrogen) atoms. The Labute approximate surface area is 145 Å². The van der Waals surface area contributed by atoms with Crippen LogP contribution in [0.25, 0.3) is 22.0 Å². The van der Waals surface area contributed by atoms with Crippen molar-refractivity contribution in [2.75, 3.05) is 13.2 Å². The van der Waals surface area contributed by atoms with E-state index in [1.54, 1.807) is 13.8 Å². The van der Waals surface area contributed by atoms with Crippen LogP contribution in [-0.2, 0) is 11.3 Å². The van der Waals surface area contributed by atoms with Gasteiger partial charge in [-0.3, -0.25) is 5.10 Å². The number of hydrogen-bond donors (Lipinski definition) is 2. The molecule has 1 saturated heterocycles. The van der Waals surface area contributed by atoms with E-state index < -0.39 is 5.60 Å². The molecule has 1 aliphatic heterocycles. The minimum absolute atomic E-state index is 0.544. The van der Waals surface area contributed by atoms with Gasteiger partial charge in [0.15, 0.2) is 0 Å². The van der Waals surface area contributed by atoms with Crippen molar-refractivity contribution < 1.29 is 9.84 Å². The Hall–Kier alpha value is -2.62. The minimum atomic E-state index is -1.04. The number of hydrogen-bond acceptors (Lipinski definition) is 4. The molecule has 0 unspecified atom stereocenters. The van der Waals surface area contributed by atoms with E-state index in [0.717, 1.165) is 41.8 Å². The zero-order valence-corrected chi connectivity index (χ0v) is 14.3. The SMILES string of the molecule is CC(C)(O)C#Cc1cc2c(-c3cn[nH]c3)cn(CC3COC3)c2cn1. The van der Waals surface area contributed by atoms with Crippen LogP contribution >= 0.6 is 0 Å². The van der Waals surface area contributed by atoms with Gasteiger partial charge in [-0.2, -0.15) is 5.10 Å². The van der Waals surface area contributed by atoms with Gasteiger partial charge in [0, 0.05) is 41.4 Å². The number of aliphatic hydroxyl groups is 1. The summed E-state index contributed by atoms with van der Waals surface area (Å²) in [6, 6.07) is 1.98. The lowest BCUT2D eigenvalue weighted by molar-refractivity contribution is -0.0388. The summed E-state index contributed by atoms with van der Waals surface area (Å²) in [7, 11) is 0. The minimum Gasteiger partial charge on any atom is -0.381 e.